The van der Waals surface area contributed by atoms with Crippen LogP contribution >= 0.6 is 7.60 Å². The molecule has 0 aromatic carbocycles. The first kappa shape index (κ1) is 18.8. The number of anilines is 1. The molecule has 1 unspecified atom stereocenters. The smallest absolute Gasteiger partial charge is 0.349 e. The second-order valence-electron chi connectivity index (χ2n) is 5.53. The molecule has 2 atom stereocenters. The van der Waals surface area contributed by atoms with Gasteiger partial charge in [0.25, 0.3) is 0 Å². The minimum Gasteiger partial charge on any atom is -0.383 e. The van der Waals surface area contributed by atoms with Crippen LogP contribution in [-0.2, 0) is 13.8 Å². The second kappa shape index (κ2) is 7.87. The van der Waals surface area contributed by atoms with E-state index in [9.17, 15) is 14.3 Å². The molecular formula is C13H24N3O5P. The van der Waals surface area contributed by atoms with Gasteiger partial charge in [0.15, 0.2) is 0 Å². The van der Waals surface area contributed by atoms with E-state index in [0.717, 1.165) is 0 Å². The van der Waals surface area contributed by atoms with Crippen molar-refractivity contribution in [1.82, 2.24) is 9.55 Å². The van der Waals surface area contributed by atoms with Crippen molar-refractivity contribution in [1.29, 1.82) is 0 Å². The third kappa shape index (κ3) is 5.53. The van der Waals surface area contributed by atoms with E-state index in [-0.39, 0.29) is 25.1 Å². The lowest BCUT2D eigenvalue weighted by atomic mass is 10.3. The first-order chi connectivity index (χ1) is 10.1. The number of ether oxygens (including phenoxy) is 1. The van der Waals surface area contributed by atoms with Crippen LogP contribution in [0.1, 0.15) is 33.7 Å². The lowest BCUT2D eigenvalue weighted by Crippen LogP contribution is -2.33. The number of nitrogens with two attached hydrogens (primary N) is 1. The maximum Gasteiger partial charge on any atom is 0.349 e. The minimum atomic E-state index is -3.73. The summed E-state index contributed by atoms with van der Waals surface area (Å²) in [7, 11) is -3.73. The van der Waals surface area contributed by atoms with Crippen molar-refractivity contribution in [3.8, 4) is 0 Å². The standard InChI is InChI=1S/C13H24N3O5P/c1-9(2)20-7-11(8-21-22(18,19)10(3)4)16-6-5-12(14)15-13(16)17/h5-6,9-11H,7-8H2,1-4H3,(H,18,19)(H2,14,15,17)/t11-/m0/s1. The molecule has 1 aromatic rings. The fourth-order valence-corrected chi connectivity index (χ4v) is 2.24. The number of aromatic nitrogens is 2. The Morgan fingerprint density at radius 2 is 2.00 bits per heavy atom. The first-order valence-electron chi connectivity index (χ1n) is 7.06. The Labute approximate surface area is 129 Å². The molecule has 126 valence electrons. The molecule has 0 radical (unpaired) electrons. The van der Waals surface area contributed by atoms with Gasteiger partial charge >= 0.3 is 13.3 Å². The Hall–Kier alpha value is -1.21. The van der Waals surface area contributed by atoms with Crippen molar-refractivity contribution < 1.29 is 18.7 Å². The largest absolute Gasteiger partial charge is 0.383 e. The zero-order chi connectivity index (χ0) is 16.9. The molecule has 0 aliphatic carbocycles. The van der Waals surface area contributed by atoms with Gasteiger partial charge in [0.1, 0.15) is 5.82 Å². The highest BCUT2D eigenvalue weighted by atomic mass is 31.2. The molecule has 0 bridgehead atoms. The number of nitrogen functional groups attached to an aromatic ring is 1. The molecule has 1 rings (SSSR count). The van der Waals surface area contributed by atoms with Crippen LogP contribution in [0.25, 0.3) is 0 Å². The first-order valence-corrected chi connectivity index (χ1v) is 8.71. The summed E-state index contributed by atoms with van der Waals surface area (Å²) in [4.78, 5) is 25.3. The van der Waals surface area contributed by atoms with E-state index < -0.39 is 25.0 Å². The van der Waals surface area contributed by atoms with E-state index >= 15 is 0 Å². The number of rotatable bonds is 8. The molecule has 0 aliphatic rings. The van der Waals surface area contributed by atoms with Gasteiger partial charge < -0.3 is 19.9 Å². The Kier molecular flexibility index (Phi) is 6.74. The fraction of sp³-hybridized carbons (Fsp3) is 0.692. The average molecular weight is 333 g/mol. The Morgan fingerprint density at radius 3 is 2.50 bits per heavy atom. The van der Waals surface area contributed by atoms with Crippen molar-refractivity contribution in [2.24, 2.45) is 0 Å². The van der Waals surface area contributed by atoms with Gasteiger partial charge in [-0.25, -0.2) is 4.79 Å². The van der Waals surface area contributed by atoms with Crippen LogP contribution in [0.15, 0.2) is 17.1 Å². The van der Waals surface area contributed by atoms with Crippen molar-refractivity contribution in [2.45, 2.75) is 45.5 Å². The van der Waals surface area contributed by atoms with Gasteiger partial charge in [-0.3, -0.25) is 9.13 Å². The zero-order valence-electron chi connectivity index (χ0n) is 13.3. The predicted octanol–water partition coefficient (Wildman–Crippen LogP) is 1.40. The monoisotopic (exact) mass is 333 g/mol. The molecule has 8 nitrogen and oxygen atoms in total. The van der Waals surface area contributed by atoms with E-state index in [1.807, 2.05) is 13.8 Å². The molecule has 0 amide bonds. The highest BCUT2D eigenvalue weighted by Gasteiger charge is 2.27. The van der Waals surface area contributed by atoms with Crippen LogP contribution in [0.2, 0.25) is 0 Å². The summed E-state index contributed by atoms with van der Waals surface area (Å²) in [6.45, 7) is 6.92. The van der Waals surface area contributed by atoms with Gasteiger partial charge in [-0.05, 0) is 19.9 Å². The van der Waals surface area contributed by atoms with E-state index in [1.54, 1.807) is 13.8 Å². The van der Waals surface area contributed by atoms with Gasteiger partial charge in [-0.1, -0.05) is 13.8 Å². The van der Waals surface area contributed by atoms with Gasteiger partial charge in [-0.15, -0.1) is 0 Å². The minimum absolute atomic E-state index is 0.0500. The van der Waals surface area contributed by atoms with Crippen LogP contribution < -0.4 is 11.4 Å². The zero-order valence-corrected chi connectivity index (χ0v) is 14.2. The van der Waals surface area contributed by atoms with Gasteiger partial charge in [0.05, 0.1) is 31.0 Å². The normalized spacial score (nSPS) is 16.0. The Morgan fingerprint density at radius 1 is 1.36 bits per heavy atom. The quantitative estimate of drug-likeness (QED) is 0.691. The molecule has 0 saturated heterocycles. The highest BCUT2D eigenvalue weighted by Crippen LogP contribution is 2.47. The highest BCUT2D eigenvalue weighted by molar-refractivity contribution is 7.53. The van der Waals surface area contributed by atoms with Crippen LogP contribution in [0.4, 0.5) is 5.82 Å². The summed E-state index contributed by atoms with van der Waals surface area (Å²) < 4.78 is 23.8. The fourth-order valence-electron chi connectivity index (χ4n) is 1.56. The number of hydrogen-bond acceptors (Lipinski definition) is 6. The van der Waals surface area contributed by atoms with Gasteiger partial charge in [-0.2, -0.15) is 4.98 Å². The molecule has 1 heterocycles. The van der Waals surface area contributed by atoms with E-state index in [0.29, 0.717) is 0 Å². The summed E-state index contributed by atoms with van der Waals surface area (Å²) in [5.74, 6) is 0.112. The molecule has 0 fully saturated rings. The summed E-state index contributed by atoms with van der Waals surface area (Å²) in [5, 5.41) is 0. The van der Waals surface area contributed by atoms with E-state index in [4.69, 9.17) is 15.0 Å². The lowest BCUT2D eigenvalue weighted by Gasteiger charge is -2.23. The van der Waals surface area contributed by atoms with E-state index in [1.165, 1.54) is 16.8 Å². The molecule has 0 saturated carbocycles. The lowest BCUT2D eigenvalue weighted by molar-refractivity contribution is 0.0383. The second-order valence-corrected chi connectivity index (χ2v) is 7.95. The summed E-state index contributed by atoms with van der Waals surface area (Å²) >= 11 is 0. The topological polar surface area (TPSA) is 117 Å². The van der Waals surface area contributed by atoms with Crippen LogP contribution in [-0.4, -0.2) is 39.4 Å². The van der Waals surface area contributed by atoms with Crippen LogP contribution in [0.5, 0.6) is 0 Å². The molecule has 1 aromatic heterocycles. The van der Waals surface area contributed by atoms with Crippen molar-refractivity contribution in [3.05, 3.63) is 22.7 Å². The van der Waals surface area contributed by atoms with Gasteiger partial charge in [0, 0.05) is 6.20 Å². The van der Waals surface area contributed by atoms with Crippen LogP contribution in [0, 0.1) is 0 Å². The number of hydrogen-bond donors (Lipinski definition) is 2. The van der Waals surface area contributed by atoms with Gasteiger partial charge in [0.2, 0.25) is 0 Å². The summed E-state index contributed by atoms with van der Waals surface area (Å²) in [6.07, 6.45) is 1.42. The molecule has 22 heavy (non-hydrogen) atoms. The molecule has 9 heteroatoms. The maximum atomic E-state index is 11.9. The third-order valence-electron chi connectivity index (χ3n) is 2.97. The third-order valence-corrected chi connectivity index (χ3v) is 4.80. The summed E-state index contributed by atoms with van der Waals surface area (Å²) in [5.41, 5.74) is 4.38. The number of nitrogens with zero attached hydrogens (tertiary/aromatic N) is 2. The molecule has 3 N–H and O–H groups in total. The molecule has 0 aliphatic heterocycles. The van der Waals surface area contributed by atoms with Crippen LogP contribution in [0.3, 0.4) is 0 Å². The Bertz CT molecular complexity index is 587. The van der Waals surface area contributed by atoms with Crippen molar-refractivity contribution in [3.63, 3.8) is 0 Å². The average Bonchev–Trinajstić information content (AvgIpc) is 2.39. The summed E-state index contributed by atoms with van der Waals surface area (Å²) in [6, 6.07) is 0.910. The molecular weight excluding hydrogens is 309 g/mol. The molecule has 0 spiro atoms. The predicted molar refractivity (Wildman–Crippen MR) is 83.9 cm³/mol. The Balaban J connectivity index is 2.93. The van der Waals surface area contributed by atoms with Crippen molar-refractivity contribution in [2.75, 3.05) is 18.9 Å². The SMILES string of the molecule is CC(C)OC[C@@H](COP(=O)(O)C(C)C)n1ccc(N)nc1=O. The van der Waals surface area contributed by atoms with Crippen molar-refractivity contribution >= 4 is 13.4 Å². The van der Waals surface area contributed by atoms with E-state index in [2.05, 4.69) is 4.98 Å². The maximum absolute atomic E-state index is 11.9.